The number of benzene rings is 2. The van der Waals surface area contributed by atoms with E-state index in [1.54, 1.807) is 11.1 Å². The van der Waals surface area contributed by atoms with E-state index in [0.717, 1.165) is 6.54 Å². The third-order valence-electron chi connectivity index (χ3n) is 7.92. The molecule has 0 amide bonds. The van der Waals surface area contributed by atoms with Gasteiger partial charge in [0.15, 0.2) is 0 Å². The van der Waals surface area contributed by atoms with Crippen LogP contribution in [0.1, 0.15) is 147 Å². The molecule has 0 aliphatic carbocycles. The van der Waals surface area contributed by atoms with Gasteiger partial charge in [0.2, 0.25) is 0 Å². The number of hydrogen-bond donors (Lipinski definition) is 0. The first kappa shape index (κ1) is 31.5. The summed E-state index contributed by atoms with van der Waals surface area (Å²) in [4.78, 5) is 2.65. The fraction of sp³-hybridized carbons (Fsp3) is 0.667. The van der Waals surface area contributed by atoms with Gasteiger partial charge in [-0.15, -0.1) is 0 Å². The average Bonchev–Trinajstić information content (AvgIpc) is 2.93. The first-order valence-corrected chi connectivity index (χ1v) is 16.2. The predicted molar refractivity (Wildman–Crippen MR) is 167 cm³/mol. The lowest BCUT2D eigenvalue weighted by atomic mass is 9.94. The summed E-state index contributed by atoms with van der Waals surface area (Å²) in [5, 5.41) is 0. The Kier molecular flexibility index (Phi) is 18.0. The van der Waals surface area contributed by atoms with E-state index in [1.807, 2.05) is 0 Å². The SMILES string of the molecule is CCCCCCCCc1cccc(N(CCCCCCCC)c2ccccc2)c1CCCCCCCC. The Morgan fingerprint density at radius 1 is 0.459 bits per heavy atom. The molecule has 0 aliphatic heterocycles. The van der Waals surface area contributed by atoms with Gasteiger partial charge in [-0.2, -0.15) is 0 Å². The van der Waals surface area contributed by atoms with E-state index < -0.39 is 0 Å². The van der Waals surface area contributed by atoms with Crippen LogP contribution in [0.25, 0.3) is 0 Å². The largest absolute Gasteiger partial charge is 0.341 e. The van der Waals surface area contributed by atoms with Gasteiger partial charge in [-0.3, -0.25) is 0 Å². The summed E-state index contributed by atoms with van der Waals surface area (Å²) in [6.45, 7) is 8.05. The van der Waals surface area contributed by atoms with Gasteiger partial charge in [-0.05, 0) is 61.4 Å². The summed E-state index contributed by atoms with van der Waals surface area (Å²) in [6, 6.07) is 18.4. The highest BCUT2D eigenvalue weighted by Crippen LogP contribution is 2.33. The van der Waals surface area contributed by atoms with Gasteiger partial charge in [-0.1, -0.05) is 147 Å². The molecule has 0 unspecified atom stereocenters. The topological polar surface area (TPSA) is 3.24 Å². The van der Waals surface area contributed by atoms with Crippen LogP contribution in [-0.4, -0.2) is 6.54 Å². The van der Waals surface area contributed by atoms with E-state index in [4.69, 9.17) is 0 Å². The molecule has 0 spiro atoms. The fourth-order valence-corrected chi connectivity index (χ4v) is 5.62. The number of rotatable bonds is 23. The zero-order valence-corrected chi connectivity index (χ0v) is 24.9. The van der Waals surface area contributed by atoms with E-state index in [2.05, 4.69) is 74.2 Å². The van der Waals surface area contributed by atoms with Crippen LogP contribution in [0.15, 0.2) is 48.5 Å². The van der Waals surface area contributed by atoms with Crippen molar-refractivity contribution in [2.75, 3.05) is 11.4 Å². The number of hydrogen-bond acceptors (Lipinski definition) is 1. The molecule has 208 valence electrons. The number of nitrogens with zero attached hydrogens (tertiary/aromatic N) is 1. The number of aryl methyl sites for hydroxylation is 1. The Morgan fingerprint density at radius 3 is 1.57 bits per heavy atom. The first-order chi connectivity index (χ1) is 18.3. The van der Waals surface area contributed by atoms with Gasteiger partial charge in [0, 0.05) is 17.9 Å². The van der Waals surface area contributed by atoms with E-state index in [1.165, 1.54) is 140 Å². The minimum Gasteiger partial charge on any atom is -0.341 e. The zero-order valence-electron chi connectivity index (χ0n) is 24.9. The highest BCUT2D eigenvalue weighted by Gasteiger charge is 2.16. The summed E-state index contributed by atoms with van der Waals surface area (Å²) >= 11 is 0. The average molecular weight is 506 g/mol. The van der Waals surface area contributed by atoms with Crippen LogP contribution >= 0.6 is 0 Å². The molecule has 2 rings (SSSR count). The lowest BCUT2D eigenvalue weighted by Gasteiger charge is -2.29. The molecular weight excluding hydrogens is 446 g/mol. The molecule has 0 aromatic heterocycles. The van der Waals surface area contributed by atoms with Crippen LogP contribution in [-0.2, 0) is 12.8 Å². The molecule has 0 N–H and O–H groups in total. The van der Waals surface area contributed by atoms with Crippen LogP contribution in [0.4, 0.5) is 11.4 Å². The van der Waals surface area contributed by atoms with E-state index in [9.17, 15) is 0 Å². The van der Waals surface area contributed by atoms with Gasteiger partial charge >= 0.3 is 0 Å². The molecule has 0 saturated heterocycles. The van der Waals surface area contributed by atoms with Crippen molar-refractivity contribution in [1.82, 2.24) is 0 Å². The quantitative estimate of drug-likeness (QED) is 0.136. The van der Waals surface area contributed by atoms with Gasteiger partial charge < -0.3 is 4.90 Å². The van der Waals surface area contributed by atoms with Crippen molar-refractivity contribution in [1.29, 1.82) is 0 Å². The Labute approximate surface area is 231 Å². The van der Waals surface area contributed by atoms with Gasteiger partial charge in [0.1, 0.15) is 0 Å². The van der Waals surface area contributed by atoms with Crippen LogP contribution < -0.4 is 4.90 Å². The highest BCUT2D eigenvalue weighted by atomic mass is 15.1. The van der Waals surface area contributed by atoms with Gasteiger partial charge in [-0.25, -0.2) is 0 Å². The summed E-state index contributed by atoms with van der Waals surface area (Å²) in [5.74, 6) is 0. The number of anilines is 2. The summed E-state index contributed by atoms with van der Waals surface area (Å²) in [5.41, 5.74) is 6.10. The minimum absolute atomic E-state index is 1.13. The molecule has 0 radical (unpaired) electrons. The third-order valence-corrected chi connectivity index (χ3v) is 7.92. The predicted octanol–water partition coefficient (Wildman–Crippen LogP) is 12.0. The Morgan fingerprint density at radius 2 is 0.973 bits per heavy atom. The van der Waals surface area contributed by atoms with Crippen molar-refractivity contribution in [2.24, 2.45) is 0 Å². The monoisotopic (exact) mass is 505 g/mol. The van der Waals surface area contributed by atoms with Crippen molar-refractivity contribution in [3.63, 3.8) is 0 Å². The molecule has 37 heavy (non-hydrogen) atoms. The molecule has 1 heteroatoms. The highest BCUT2D eigenvalue weighted by molar-refractivity contribution is 5.68. The van der Waals surface area contributed by atoms with Crippen molar-refractivity contribution in [3.8, 4) is 0 Å². The molecule has 0 bridgehead atoms. The van der Waals surface area contributed by atoms with E-state index in [-0.39, 0.29) is 0 Å². The molecule has 0 atom stereocenters. The second-order valence-electron chi connectivity index (χ2n) is 11.2. The standard InChI is InChI=1S/C36H59N/c1-4-7-10-13-16-20-26-33-27-25-31-36(35(33)30-23-17-14-11-8-5-2)37(34-28-21-19-22-29-34)32-24-18-15-12-9-6-3/h19,21-22,25,27-29,31H,4-18,20,23-24,26,30,32H2,1-3H3. The van der Waals surface area contributed by atoms with Crippen molar-refractivity contribution in [3.05, 3.63) is 59.7 Å². The van der Waals surface area contributed by atoms with E-state index in [0.29, 0.717) is 0 Å². The third kappa shape index (κ3) is 13.0. The maximum atomic E-state index is 2.65. The Bertz CT molecular complexity index is 781. The molecule has 0 fully saturated rings. The molecule has 2 aromatic carbocycles. The lowest BCUT2D eigenvalue weighted by Crippen LogP contribution is -2.20. The van der Waals surface area contributed by atoms with Crippen molar-refractivity contribution < 1.29 is 0 Å². The van der Waals surface area contributed by atoms with Gasteiger partial charge in [0.05, 0.1) is 0 Å². The van der Waals surface area contributed by atoms with Crippen LogP contribution in [0.3, 0.4) is 0 Å². The second-order valence-corrected chi connectivity index (χ2v) is 11.2. The van der Waals surface area contributed by atoms with Gasteiger partial charge in [0.25, 0.3) is 0 Å². The maximum absolute atomic E-state index is 2.65. The molecule has 0 saturated carbocycles. The summed E-state index contributed by atoms with van der Waals surface area (Å²) in [6.07, 6.45) is 27.0. The molecular formula is C36H59N. The normalized spacial score (nSPS) is 11.2. The van der Waals surface area contributed by atoms with Crippen LogP contribution in [0.5, 0.6) is 0 Å². The van der Waals surface area contributed by atoms with Crippen LogP contribution in [0, 0.1) is 0 Å². The molecule has 2 aromatic rings. The molecule has 0 aliphatic rings. The van der Waals surface area contributed by atoms with Crippen LogP contribution in [0.2, 0.25) is 0 Å². The Balaban J connectivity index is 2.17. The molecule has 0 heterocycles. The van der Waals surface area contributed by atoms with E-state index >= 15 is 0 Å². The fourth-order valence-electron chi connectivity index (χ4n) is 5.62. The maximum Gasteiger partial charge on any atom is 0.0446 e. The summed E-state index contributed by atoms with van der Waals surface area (Å²) < 4.78 is 0. The number of unbranched alkanes of at least 4 members (excludes halogenated alkanes) is 15. The first-order valence-electron chi connectivity index (χ1n) is 16.2. The van der Waals surface area contributed by atoms with Crippen molar-refractivity contribution in [2.45, 2.75) is 149 Å². The smallest absolute Gasteiger partial charge is 0.0446 e. The second kappa shape index (κ2) is 21.2. The van der Waals surface area contributed by atoms with Crippen molar-refractivity contribution >= 4 is 11.4 Å². The Hall–Kier alpha value is -1.76. The zero-order chi connectivity index (χ0) is 26.4. The summed E-state index contributed by atoms with van der Waals surface area (Å²) in [7, 11) is 0. The minimum atomic E-state index is 1.13. The lowest BCUT2D eigenvalue weighted by molar-refractivity contribution is 0.597. The molecule has 1 nitrogen and oxygen atoms in total. The number of para-hydroxylation sites is 1.